The summed E-state index contributed by atoms with van der Waals surface area (Å²) in [5.41, 5.74) is 3.07. The lowest BCUT2D eigenvalue weighted by molar-refractivity contribution is -0.138. The Morgan fingerprint density at radius 2 is 1.79 bits per heavy atom. The Kier molecular flexibility index (Phi) is 7.25. The number of rotatable bonds is 7. The molecule has 3 aliphatic rings. The maximum atomic E-state index is 13.2. The maximum absolute atomic E-state index is 13.2. The van der Waals surface area contributed by atoms with Crippen LogP contribution >= 0.6 is 0 Å². The highest BCUT2D eigenvalue weighted by molar-refractivity contribution is 5.79. The predicted octanol–water partition coefficient (Wildman–Crippen LogP) is 3.92. The topological polar surface area (TPSA) is 32.8 Å². The number of fused-ring (bicyclic) bond motifs is 1. The number of likely N-dealkylation sites (tertiary alicyclic amines) is 1. The molecule has 0 N–H and O–H groups in total. The molecular weight excluding hydrogens is 360 g/mol. The van der Waals surface area contributed by atoms with E-state index in [9.17, 15) is 4.79 Å². The first-order valence-corrected chi connectivity index (χ1v) is 11.8. The van der Waals surface area contributed by atoms with Crippen molar-refractivity contribution in [2.24, 2.45) is 11.8 Å². The third-order valence-electron chi connectivity index (χ3n) is 7.41. The van der Waals surface area contributed by atoms with Crippen LogP contribution < -0.4 is 0 Å². The van der Waals surface area contributed by atoms with Gasteiger partial charge in [0.05, 0.1) is 6.61 Å². The van der Waals surface area contributed by atoms with Crippen LogP contribution in [0.15, 0.2) is 24.3 Å². The highest BCUT2D eigenvalue weighted by Gasteiger charge is 2.33. The van der Waals surface area contributed by atoms with Crippen LogP contribution in [-0.2, 0) is 22.4 Å². The van der Waals surface area contributed by atoms with Gasteiger partial charge in [-0.15, -0.1) is 0 Å². The van der Waals surface area contributed by atoms with Gasteiger partial charge in [-0.25, -0.2) is 0 Å². The molecule has 1 heterocycles. The number of hydrogen-bond donors (Lipinski definition) is 0. The predicted molar refractivity (Wildman–Crippen MR) is 117 cm³/mol. The minimum Gasteiger partial charge on any atom is -0.383 e. The average Bonchev–Trinajstić information content (AvgIpc) is 3.21. The lowest BCUT2D eigenvalue weighted by Gasteiger charge is -2.39. The number of nitrogens with zero attached hydrogens (tertiary/aromatic N) is 2. The minimum absolute atomic E-state index is 0.254. The zero-order chi connectivity index (χ0) is 20.1. The van der Waals surface area contributed by atoms with Gasteiger partial charge >= 0.3 is 0 Å². The number of ether oxygens (including phenoxy) is 1. The second-order valence-corrected chi connectivity index (χ2v) is 9.45. The van der Waals surface area contributed by atoms with Crippen molar-refractivity contribution in [3.63, 3.8) is 0 Å². The van der Waals surface area contributed by atoms with E-state index in [1.165, 1.54) is 62.6 Å². The van der Waals surface area contributed by atoms with Crippen molar-refractivity contribution in [2.75, 3.05) is 39.9 Å². The molecule has 29 heavy (non-hydrogen) atoms. The van der Waals surface area contributed by atoms with Crippen molar-refractivity contribution in [1.29, 1.82) is 0 Å². The normalized spacial score (nSPS) is 23.8. The van der Waals surface area contributed by atoms with Gasteiger partial charge in [0.25, 0.3) is 0 Å². The highest BCUT2D eigenvalue weighted by Crippen LogP contribution is 2.30. The Morgan fingerprint density at radius 1 is 1.07 bits per heavy atom. The highest BCUT2D eigenvalue weighted by atomic mass is 16.5. The molecule has 1 unspecified atom stereocenters. The van der Waals surface area contributed by atoms with Gasteiger partial charge < -0.3 is 9.64 Å². The van der Waals surface area contributed by atoms with E-state index >= 15 is 0 Å². The largest absolute Gasteiger partial charge is 0.383 e. The number of methoxy groups -OCH3 is 1. The number of benzene rings is 1. The van der Waals surface area contributed by atoms with E-state index in [4.69, 9.17) is 4.74 Å². The molecule has 1 saturated heterocycles. The van der Waals surface area contributed by atoms with E-state index in [1.54, 1.807) is 7.11 Å². The molecular formula is C25H38N2O2. The molecule has 4 heteroatoms. The zero-order valence-corrected chi connectivity index (χ0v) is 18.2. The number of piperidine rings is 1. The van der Waals surface area contributed by atoms with Crippen LogP contribution in [-0.4, -0.2) is 61.6 Å². The van der Waals surface area contributed by atoms with Gasteiger partial charge in [-0.1, -0.05) is 43.5 Å². The van der Waals surface area contributed by atoms with E-state index in [2.05, 4.69) is 34.1 Å². The van der Waals surface area contributed by atoms with E-state index in [1.807, 2.05) is 0 Å². The van der Waals surface area contributed by atoms with Crippen LogP contribution in [0.1, 0.15) is 56.1 Å². The molecule has 0 aromatic heterocycles. The van der Waals surface area contributed by atoms with Gasteiger partial charge in [-0.3, -0.25) is 9.69 Å². The first kappa shape index (κ1) is 20.9. The third kappa shape index (κ3) is 5.21. The van der Waals surface area contributed by atoms with E-state index < -0.39 is 0 Å². The molecule has 4 rings (SSSR count). The minimum atomic E-state index is 0.254. The summed E-state index contributed by atoms with van der Waals surface area (Å²) in [6.45, 7) is 4.66. The number of carbonyl (C=O) groups excluding carboxylic acids is 1. The Balaban J connectivity index is 1.35. The van der Waals surface area contributed by atoms with Gasteiger partial charge in [0.2, 0.25) is 5.91 Å². The van der Waals surface area contributed by atoms with Crippen molar-refractivity contribution >= 4 is 5.91 Å². The standard InChI is InChI=1S/C25H38N2O2/c1-29-15-14-27(25(28)21-9-3-2-4-10-21)19-20-8-7-13-26(18-20)24-16-22-11-5-6-12-23(22)17-24/h5-6,11-12,20-21,24H,2-4,7-10,13-19H2,1H3. The van der Waals surface area contributed by atoms with Crippen molar-refractivity contribution in [3.8, 4) is 0 Å². The molecule has 1 saturated carbocycles. The lowest BCUT2D eigenvalue weighted by atomic mass is 9.87. The van der Waals surface area contributed by atoms with Crippen LogP contribution in [0.4, 0.5) is 0 Å². The van der Waals surface area contributed by atoms with Gasteiger partial charge in [0.1, 0.15) is 0 Å². The summed E-state index contributed by atoms with van der Waals surface area (Å²) in [7, 11) is 1.74. The molecule has 160 valence electrons. The van der Waals surface area contributed by atoms with Crippen LogP contribution in [0.25, 0.3) is 0 Å². The summed E-state index contributed by atoms with van der Waals surface area (Å²) in [5.74, 6) is 1.24. The van der Waals surface area contributed by atoms with Crippen molar-refractivity contribution < 1.29 is 9.53 Å². The summed E-state index contributed by atoms with van der Waals surface area (Å²) >= 11 is 0. The second-order valence-electron chi connectivity index (χ2n) is 9.45. The molecule has 1 amide bonds. The second kappa shape index (κ2) is 10.1. The Bertz CT molecular complexity index is 646. The molecule has 1 aromatic carbocycles. The summed E-state index contributed by atoms with van der Waals surface area (Å²) < 4.78 is 5.33. The van der Waals surface area contributed by atoms with Gasteiger partial charge in [0, 0.05) is 38.7 Å². The van der Waals surface area contributed by atoms with Crippen molar-refractivity contribution in [1.82, 2.24) is 9.80 Å². The van der Waals surface area contributed by atoms with Gasteiger partial charge in [-0.2, -0.15) is 0 Å². The molecule has 1 aromatic rings. The monoisotopic (exact) mass is 398 g/mol. The van der Waals surface area contributed by atoms with E-state index in [0.717, 1.165) is 32.5 Å². The zero-order valence-electron chi connectivity index (χ0n) is 18.2. The molecule has 4 nitrogen and oxygen atoms in total. The summed E-state index contributed by atoms with van der Waals surface area (Å²) in [6.07, 6.45) is 10.8. The SMILES string of the molecule is COCCN(CC1CCCN(C2Cc3ccccc3C2)C1)C(=O)C1CCCCC1. The smallest absolute Gasteiger partial charge is 0.225 e. The average molecular weight is 399 g/mol. The van der Waals surface area contributed by atoms with Gasteiger partial charge in [0.15, 0.2) is 0 Å². The Labute approximate surface area is 176 Å². The summed E-state index contributed by atoms with van der Waals surface area (Å²) in [6, 6.07) is 9.59. The molecule has 2 fully saturated rings. The Hall–Kier alpha value is -1.39. The quantitative estimate of drug-likeness (QED) is 0.698. The van der Waals surface area contributed by atoms with Crippen molar-refractivity contribution in [3.05, 3.63) is 35.4 Å². The first-order valence-electron chi connectivity index (χ1n) is 11.8. The van der Waals surface area contributed by atoms with E-state index in [0.29, 0.717) is 24.5 Å². The molecule has 0 spiro atoms. The summed E-state index contributed by atoms with van der Waals surface area (Å²) in [5, 5.41) is 0. The summed E-state index contributed by atoms with van der Waals surface area (Å²) in [4.78, 5) is 18.1. The number of amides is 1. The maximum Gasteiger partial charge on any atom is 0.225 e. The molecule has 1 aliphatic heterocycles. The fourth-order valence-electron chi connectivity index (χ4n) is 5.78. The van der Waals surface area contributed by atoms with Crippen LogP contribution in [0.5, 0.6) is 0 Å². The number of carbonyl (C=O) groups is 1. The molecule has 0 radical (unpaired) electrons. The number of hydrogen-bond acceptors (Lipinski definition) is 3. The Morgan fingerprint density at radius 3 is 2.48 bits per heavy atom. The lowest BCUT2D eigenvalue weighted by Crippen LogP contribution is -2.48. The molecule has 0 bridgehead atoms. The fourth-order valence-corrected chi connectivity index (χ4v) is 5.78. The molecule has 1 atom stereocenters. The van der Waals surface area contributed by atoms with Crippen LogP contribution in [0.2, 0.25) is 0 Å². The first-order chi connectivity index (χ1) is 14.2. The van der Waals surface area contributed by atoms with Gasteiger partial charge in [-0.05, 0) is 62.1 Å². The van der Waals surface area contributed by atoms with E-state index in [-0.39, 0.29) is 5.92 Å². The van der Waals surface area contributed by atoms with Crippen LogP contribution in [0, 0.1) is 11.8 Å². The fraction of sp³-hybridized carbons (Fsp3) is 0.720. The third-order valence-corrected chi connectivity index (χ3v) is 7.41. The molecule has 2 aliphatic carbocycles. The van der Waals surface area contributed by atoms with Crippen LogP contribution in [0.3, 0.4) is 0 Å². The van der Waals surface area contributed by atoms with Crippen molar-refractivity contribution in [2.45, 2.75) is 63.8 Å².